The van der Waals surface area contributed by atoms with Crippen LogP contribution in [0.1, 0.15) is 37.2 Å². The molecular weight excluding hydrogens is 353 g/mol. The van der Waals surface area contributed by atoms with Gasteiger partial charge >= 0.3 is 0 Å². The number of nitrogens with one attached hydrogen (secondary N) is 1. The summed E-state index contributed by atoms with van der Waals surface area (Å²) < 4.78 is 16.2. The quantitative estimate of drug-likeness (QED) is 0.719. The Morgan fingerprint density at radius 1 is 1.31 bits per heavy atom. The normalized spacial score (nSPS) is 15.2. The molecule has 0 radical (unpaired) electrons. The first-order valence-corrected chi connectivity index (χ1v) is 9.11. The van der Waals surface area contributed by atoms with Gasteiger partial charge < -0.3 is 9.88 Å². The Hall–Kier alpha value is -2.40. The molecular formula is C20H19ClFN3O. The van der Waals surface area contributed by atoms with Crippen molar-refractivity contribution in [3.8, 4) is 0 Å². The number of rotatable bonds is 5. The molecule has 1 saturated carbocycles. The lowest BCUT2D eigenvalue weighted by Gasteiger charge is -2.17. The number of hydrogen-bond acceptors (Lipinski definition) is 2. The molecule has 6 heteroatoms. The van der Waals surface area contributed by atoms with Gasteiger partial charge in [-0.3, -0.25) is 4.79 Å². The van der Waals surface area contributed by atoms with Gasteiger partial charge in [0.1, 0.15) is 11.6 Å². The van der Waals surface area contributed by atoms with E-state index in [-0.39, 0.29) is 30.2 Å². The van der Waals surface area contributed by atoms with Crippen molar-refractivity contribution in [1.29, 1.82) is 0 Å². The van der Waals surface area contributed by atoms with Gasteiger partial charge in [0.15, 0.2) is 0 Å². The standard InChI is InChI=1S/C20H19ClFN3O/c1-12(23-20(26)13-9-10-13)19-24-17-7-2-3-8-18(17)25(19)11-14-15(21)5-4-6-16(14)22/h2-8,12-13H,9-11H2,1H3,(H,23,26). The molecule has 0 bridgehead atoms. The third-order valence-corrected chi connectivity index (χ3v) is 5.11. The Labute approximate surface area is 156 Å². The van der Waals surface area contributed by atoms with Crippen molar-refractivity contribution in [3.05, 3.63) is 64.7 Å². The topological polar surface area (TPSA) is 46.9 Å². The Bertz CT molecular complexity index is 960. The SMILES string of the molecule is CC(NC(=O)C1CC1)c1nc2ccccc2n1Cc1c(F)cccc1Cl. The molecule has 1 fully saturated rings. The predicted octanol–water partition coefficient (Wildman–Crippen LogP) is 4.46. The second kappa shape index (κ2) is 6.72. The van der Waals surface area contributed by atoms with Crippen LogP contribution in [0, 0.1) is 11.7 Å². The highest BCUT2D eigenvalue weighted by molar-refractivity contribution is 6.31. The van der Waals surface area contributed by atoms with Crippen LogP contribution in [0.3, 0.4) is 0 Å². The molecule has 0 spiro atoms. The number of nitrogens with zero attached hydrogens (tertiary/aromatic N) is 2. The summed E-state index contributed by atoms with van der Waals surface area (Å²) in [6.07, 6.45) is 1.89. The maximum absolute atomic E-state index is 14.3. The minimum atomic E-state index is -0.351. The fourth-order valence-corrected chi connectivity index (χ4v) is 3.40. The molecule has 1 amide bonds. The zero-order valence-corrected chi connectivity index (χ0v) is 15.1. The number of carbonyl (C=O) groups excluding carboxylic acids is 1. The Balaban J connectivity index is 1.75. The van der Waals surface area contributed by atoms with Gasteiger partial charge in [-0.05, 0) is 44.0 Å². The molecule has 2 aromatic carbocycles. The third-order valence-electron chi connectivity index (χ3n) is 4.76. The van der Waals surface area contributed by atoms with Crippen molar-refractivity contribution >= 4 is 28.5 Å². The summed E-state index contributed by atoms with van der Waals surface area (Å²) in [6.45, 7) is 2.16. The minimum absolute atomic E-state index is 0.0556. The first-order valence-electron chi connectivity index (χ1n) is 8.73. The molecule has 1 unspecified atom stereocenters. The van der Waals surface area contributed by atoms with Crippen molar-refractivity contribution in [1.82, 2.24) is 14.9 Å². The van der Waals surface area contributed by atoms with Crippen molar-refractivity contribution < 1.29 is 9.18 Å². The Morgan fingerprint density at radius 2 is 2.08 bits per heavy atom. The van der Waals surface area contributed by atoms with Crippen LogP contribution in [0.25, 0.3) is 11.0 Å². The second-order valence-electron chi connectivity index (χ2n) is 6.75. The van der Waals surface area contributed by atoms with Crippen LogP contribution in [-0.2, 0) is 11.3 Å². The summed E-state index contributed by atoms with van der Waals surface area (Å²) >= 11 is 6.22. The smallest absolute Gasteiger partial charge is 0.223 e. The number of benzene rings is 2. The first-order chi connectivity index (χ1) is 12.5. The zero-order valence-electron chi connectivity index (χ0n) is 14.4. The summed E-state index contributed by atoms with van der Waals surface area (Å²) in [7, 11) is 0. The Kier molecular flexibility index (Phi) is 4.41. The maximum Gasteiger partial charge on any atom is 0.223 e. The molecule has 1 N–H and O–H groups in total. The van der Waals surface area contributed by atoms with Crippen LogP contribution in [0.5, 0.6) is 0 Å². The van der Waals surface area contributed by atoms with Crippen molar-refractivity contribution in [2.24, 2.45) is 5.92 Å². The minimum Gasteiger partial charge on any atom is -0.346 e. The highest BCUT2D eigenvalue weighted by atomic mass is 35.5. The average Bonchev–Trinajstić information content (AvgIpc) is 3.40. The van der Waals surface area contributed by atoms with Gasteiger partial charge in [0.05, 0.1) is 23.6 Å². The number of para-hydroxylation sites is 2. The van der Waals surface area contributed by atoms with E-state index in [1.807, 2.05) is 35.8 Å². The molecule has 26 heavy (non-hydrogen) atoms. The van der Waals surface area contributed by atoms with E-state index in [0.29, 0.717) is 16.4 Å². The van der Waals surface area contributed by atoms with Gasteiger partial charge in [-0.1, -0.05) is 29.8 Å². The summed E-state index contributed by atoms with van der Waals surface area (Å²) in [6, 6.07) is 12.1. The van der Waals surface area contributed by atoms with Crippen LogP contribution in [-0.4, -0.2) is 15.5 Å². The zero-order chi connectivity index (χ0) is 18.3. The molecule has 1 aliphatic carbocycles. The van der Waals surface area contributed by atoms with Gasteiger partial charge in [0.2, 0.25) is 5.91 Å². The lowest BCUT2D eigenvalue weighted by atomic mass is 10.2. The monoisotopic (exact) mass is 371 g/mol. The first kappa shape index (κ1) is 17.0. The fourth-order valence-electron chi connectivity index (χ4n) is 3.17. The van der Waals surface area contributed by atoms with Crippen LogP contribution in [0.2, 0.25) is 5.02 Å². The molecule has 134 valence electrons. The highest BCUT2D eigenvalue weighted by Gasteiger charge is 2.31. The molecule has 0 aliphatic heterocycles. The van der Waals surface area contributed by atoms with Gasteiger partial charge in [-0.2, -0.15) is 0 Å². The summed E-state index contributed by atoms with van der Waals surface area (Å²) in [5, 5.41) is 3.40. The molecule has 1 atom stereocenters. The van der Waals surface area contributed by atoms with E-state index in [9.17, 15) is 9.18 Å². The van der Waals surface area contributed by atoms with Gasteiger partial charge in [-0.25, -0.2) is 9.37 Å². The fraction of sp³-hybridized carbons (Fsp3) is 0.300. The van der Waals surface area contributed by atoms with Crippen LogP contribution in [0.15, 0.2) is 42.5 Å². The lowest BCUT2D eigenvalue weighted by molar-refractivity contribution is -0.123. The van der Waals surface area contributed by atoms with E-state index in [4.69, 9.17) is 11.6 Å². The third kappa shape index (κ3) is 3.19. The number of amides is 1. The second-order valence-corrected chi connectivity index (χ2v) is 7.16. The molecule has 4 nitrogen and oxygen atoms in total. The van der Waals surface area contributed by atoms with E-state index >= 15 is 0 Å². The summed E-state index contributed by atoms with van der Waals surface area (Å²) in [5.74, 6) is 0.520. The van der Waals surface area contributed by atoms with E-state index in [1.165, 1.54) is 6.07 Å². The lowest BCUT2D eigenvalue weighted by Crippen LogP contribution is -2.30. The molecule has 0 saturated heterocycles. The largest absolute Gasteiger partial charge is 0.346 e. The number of hydrogen-bond donors (Lipinski definition) is 1. The van der Waals surface area contributed by atoms with Crippen LogP contribution >= 0.6 is 11.6 Å². The van der Waals surface area contributed by atoms with Crippen molar-refractivity contribution in [2.75, 3.05) is 0 Å². The number of aromatic nitrogens is 2. The van der Waals surface area contributed by atoms with E-state index < -0.39 is 0 Å². The maximum atomic E-state index is 14.3. The molecule has 3 aromatic rings. The number of fused-ring (bicyclic) bond motifs is 1. The summed E-state index contributed by atoms with van der Waals surface area (Å²) in [5.41, 5.74) is 2.11. The predicted molar refractivity (Wildman–Crippen MR) is 99.5 cm³/mol. The van der Waals surface area contributed by atoms with Crippen molar-refractivity contribution in [2.45, 2.75) is 32.4 Å². The van der Waals surface area contributed by atoms with Gasteiger partial charge in [-0.15, -0.1) is 0 Å². The number of halogens is 2. The molecule has 1 heterocycles. The van der Waals surface area contributed by atoms with Gasteiger partial charge in [0, 0.05) is 16.5 Å². The summed E-state index contributed by atoms with van der Waals surface area (Å²) in [4.78, 5) is 16.8. The molecule has 1 aromatic heterocycles. The van der Waals surface area contributed by atoms with E-state index in [1.54, 1.807) is 12.1 Å². The van der Waals surface area contributed by atoms with Crippen molar-refractivity contribution in [3.63, 3.8) is 0 Å². The Morgan fingerprint density at radius 3 is 2.81 bits per heavy atom. The van der Waals surface area contributed by atoms with Gasteiger partial charge in [0.25, 0.3) is 0 Å². The van der Waals surface area contributed by atoms with Crippen LogP contribution in [0.4, 0.5) is 4.39 Å². The van der Waals surface area contributed by atoms with E-state index in [2.05, 4.69) is 10.3 Å². The number of carbonyl (C=O) groups is 1. The number of imidazole rings is 1. The molecule has 1 aliphatic rings. The average molecular weight is 372 g/mol. The molecule has 4 rings (SSSR count). The van der Waals surface area contributed by atoms with E-state index in [0.717, 1.165) is 23.9 Å². The highest BCUT2D eigenvalue weighted by Crippen LogP contribution is 2.30. The van der Waals surface area contributed by atoms with Crippen LogP contribution < -0.4 is 5.32 Å².